The molecule has 1 aromatic heterocycles. The molecule has 0 spiro atoms. The summed E-state index contributed by atoms with van der Waals surface area (Å²) in [7, 11) is 3.33. The Morgan fingerprint density at radius 1 is 1.29 bits per heavy atom. The minimum Gasteiger partial charge on any atom is -0.497 e. The summed E-state index contributed by atoms with van der Waals surface area (Å²) in [6.45, 7) is 1.48. The zero-order chi connectivity index (χ0) is 16.9. The van der Waals surface area contributed by atoms with Crippen LogP contribution in [0.4, 0.5) is 0 Å². The van der Waals surface area contributed by atoms with Crippen molar-refractivity contribution >= 4 is 5.91 Å². The van der Waals surface area contributed by atoms with Crippen molar-refractivity contribution in [3.05, 3.63) is 53.9 Å². The van der Waals surface area contributed by atoms with Crippen LogP contribution in [0, 0.1) is 0 Å². The fourth-order valence-corrected chi connectivity index (χ4v) is 3.19. The maximum Gasteiger partial charge on any atom is 0.227 e. The van der Waals surface area contributed by atoms with Gasteiger partial charge in [0.25, 0.3) is 0 Å². The molecule has 1 aromatic carbocycles. The van der Waals surface area contributed by atoms with Gasteiger partial charge in [-0.3, -0.25) is 9.78 Å². The number of rotatable bonds is 5. The fourth-order valence-electron chi connectivity index (χ4n) is 3.19. The zero-order valence-electron chi connectivity index (χ0n) is 14.1. The molecule has 0 radical (unpaired) electrons. The molecule has 0 N–H and O–H groups in total. The summed E-state index contributed by atoms with van der Waals surface area (Å²) in [5, 5.41) is 0. The summed E-state index contributed by atoms with van der Waals surface area (Å²) in [6.07, 6.45) is 4.80. The summed E-state index contributed by atoms with van der Waals surface area (Å²) >= 11 is 0. The lowest BCUT2D eigenvalue weighted by molar-refractivity contribution is -0.129. The van der Waals surface area contributed by atoms with E-state index in [4.69, 9.17) is 9.47 Å². The van der Waals surface area contributed by atoms with E-state index in [9.17, 15) is 4.79 Å². The number of methoxy groups -OCH3 is 2. The maximum absolute atomic E-state index is 12.5. The van der Waals surface area contributed by atoms with Crippen molar-refractivity contribution in [2.45, 2.75) is 18.8 Å². The Bertz CT molecular complexity index is 703. The predicted molar refractivity (Wildman–Crippen MR) is 91.4 cm³/mol. The number of likely N-dealkylation sites (tertiary alicyclic amines) is 1. The van der Waals surface area contributed by atoms with Crippen LogP contribution >= 0.6 is 0 Å². The van der Waals surface area contributed by atoms with Gasteiger partial charge < -0.3 is 14.4 Å². The second-order valence-corrected chi connectivity index (χ2v) is 5.97. The van der Waals surface area contributed by atoms with E-state index < -0.39 is 0 Å². The van der Waals surface area contributed by atoms with Gasteiger partial charge in [0, 0.05) is 37.0 Å². The average Bonchev–Trinajstić information content (AvgIpc) is 3.12. The fraction of sp³-hybridized carbons (Fsp3) is 0.368. The van der Waals surface area contributed by atoms with Crippen molar-refractivity contribution in [2.75, 3.05) is 27.3 Å². The Kier molecular flexibility index (Phi) is 4.99. The Balaban J connectivity index is 1.70. The van der Waals surface area contributed by atoms with Crippen molar-refractivity contribution in [1.29, 1.82) is 0 Å². The summed E-state index contributed by atoms with van der Waals surface area (Å²) in [4.78, 5) is 18.5. The van der Waals surface area contributed by atoms with Gasteiger partial charge in [-0.1, -0.05) is 6.07 Å². The normalized spacial score (nSPS) is 16.9. The highest BCUT2D eigenvalue weighted by Gasteiger charge is 2.29. The first kappa shape index (κ1) is 16.3. The number of carbonyl (C=O) groups excluding carboxylic acids is 1. The molecule has 2 aromatic rings. The number of nitrogens with zero attached hydrogens (tertiary/aromatic N) is 2. The smallest absolute Gasteiger partial charge is 0.227 e. The quantitative estimate of drug-likeness (QED) is 0.848. The highest BCUT2D eigenvalue weighted by molar-refractivity contribution is 5.79. The Hall–Kier alpha value is -2.56. The van der Waals surface area contributed by atoms with Crippen molar-refractivity contribution < 1.29 is 14.3 Å². The number of aromatic nitrogens is 1. The van der Waals surface area contributed by atoms with Gasteiger partial charge in [0.05, 0.1) is 20.6 Å². The van der Waals surface area contributed by atoms with Gasteiger partial charge in [-0.25, -0.2) is 0 Å². The summed E-state index contributed by atoms with van der Waals surface area (Å²) in [5.74, 6) is 2.08. The van der Waals surface area contributed by atoms with E-state index in [1.54, 1.807) is 26.6 Å². The third-order valence-corrected chi connectivity index (χ3v) is 4.50. The lowest BCUT2D eigenvalue weighted by Crippen LogP contribution is -2.29. The van der Waals surface area contributed by atoms with Crippen molar-refractivity contribution in [3.8, 4) is 11.5 Å². The van der Waals surface area contributed by atoms with E-state index in [0.717, 1.165) is 35.6 Å². The molecular weight excluding hydrogens is 304 g/mol. The van der Waals surface area contributed by atoms with Crippen LogP contribution < -0.4 is 9.47 Å². The first-order chi connectivity index (χ1) is 11.7. The van der Waals surface area contributed by atoms with Crippen LogP contribution in [-0.4, -0.2) is 43.1 Å². The molecule has 2 heterocycles. The topological polar surface area (TPSA) is 51.7 Å². The number of ether oxygens (including phenoxy) is 2. The number of amides is 1. The van der Waals surface area contributed by atoms with E-state index in [2.05, 4.69) is 4.98 Å². The SMILES string of the molecule is COc1ccc(OC)c([C@@H]2CCN(C(=O)Cc3cccnc3)C2)c1. The lowest BCUT2D eigenvalue weighted by atomic mass is 9.97. The molecule has 5 nitrogen and oxygen atoms in total. The minimum atomic E-state index is 0.146. The van der Waals surface area contributed by atoms with E-state index in [0.29, 0.717) is 13.0 Å². The molecule has 1 amide bonds. The highest BCUT2D eigenvalue weighted by Crippen LogP contribution is 2.36. The van der Waals surface area contributed by atoms with E-state index in [1.807, 2.05) is 35.2 Å². The molecular formula is C19H22N2O3. The zero-order valence-corrected chi connectivity index (χ0v) is 14.1. The van der Waals surface area contributed by atoms with Gasteiger partial charge in [-0.05, 0) is 36.2 Å². The van der Waals surface area contributed by atoms with E-state index >= 15 is 0 Å². The Labute approximate surface area is 142 Å². The first-order valence-electron chi connectivity index (χ1n) is 8.10. The standard InChI is InChI=1S/C19H22N2O3/c1-23-16-5-6-18(24-2)17(11-16)15-7-9-21(13-15)19(22)10-14-4-3-8-20-12-14/h3-6,8,11-12,15H,7,9-10,13H2,1-2H3/t15-/m1/s1. The number of hydrogen-bond acceptors (Lipinski definition) is 4. The number of benzene rings is 1. The molecule has 1 saturated heterocycles. The predicted octanol–water partition coefficient (Wildman–Crippen LogP) is 2.66. The van der Waals surface area contributed by atoms with Crippen LogP contribution in [0.5, 0.6) is 11.5 Å². The minimum absolute atomic E-state index is 0.146. The van der Waals surface area contributed by atoms with Crippen LogP contribution in [0.25, 0.3) is 0 Å². The van der Waals surface area contributed by atoms with E-state index in [1.165, 1.54) is 0 Å². The van der Waals surface area contributed by atoms with Crippen LogP contribution in [-0.2, 0) is 11.2 Å². The molecule has 1 aliphatic heterocycles. The van der Waals surface area contributed by atoms with Crippen LogP contribution in [0.2, 0.25) is 0 Å². The monoisotopic (exact) mass is 326 g/mol. The largest absolute Gasteiger partial charge is 0.497 e. The Morgan fingerprint density at radius 2 is 2.17 bits per heavy atom. The third-order valence-electron chi connectivity index (χ3n) is 4.50. The maximum atomic E-state index is 12.5. The van der Waals surface area contributed by atoms with Crippen LogP contribution in [0.15, 0.2) is 42.7 Å². The Morgan fingerprint density at radius 3 is 2.88 bits per heavy atom. The number of hydrogen-bond donors (Lipinski definition) is 0. The van der Waals surface area contributed by atoms with Crippen molar-refractivity contribution in [1.82, 2.24) is 9.88 Å². The molecule has 0 saturated carbocycles. The number of pyridine rings is 1. The van der Waals surface area contributed by atoms with Gasteiger partial charge in [-0.2, -0.15) is 0 Å². The third kappa shape index (κ3) is 3.50. The van der Waals surface area contributed by atoms with Crippen molar-refractivity contribution in [3.63, 3.8) is 0 Å². The van der Waals surface area contributed by atoms with Gasteiger partial charge in [-0.15, -0.1) is 0 Å². The van der Waals surface area contributed by atoms with E-state index in [-0.39, 0.29) is 11.8 Å². The summed E-state index contributed by atoms with van der Waals surface area (Å²) < 4.78 is 10.8. The van der Waals surface area contributed by atoms with Gasteiger partial charge in [0.15, 0.2) is 0 Å². The summed E-state index contributed by atoms with van der Waals surface area (Å²) in [6, 6.07) is 9.62. The number of carbonyl (C=O) groups is 1. The molecule has 126 valence electrons. The van der Waals surface area contributed by atoms with Crippen LogP contribution in [0.1, 0.15) is 23.5 Å². The molecule has 0 aliphatic carbocycles. The highest BCUT2D eigenvalue weighted by atomic mass is 16.5. The molecule has 1 atom stereocenters. The second-order valence-electron chi connectivity index (χ2n) is 5.97. The molecule has 1 aliphatic rings. The molecule has 24 heavy (non-hydrogen) atoms. The van der Waals surface area contributed by atoms with Gasteiger partial charge in [0.2, 0.25) is 5.91 Å². The first-order valence-corrected chi connectivity index (χ1v) is 8.10. The second kappa shape index (κ2) is 7.34. The average molecular weight is 326 g/mol. The van der Waals surface area contributed by atoms with Crippen molar-refractivity contribution in [2.24, 2.45) is 0 Å². The molecule has 3 rings (SSSR count). The van der Waals surface area contributed by atoms with Gasteiger partial charge >= 0.3 is 0 Å². The lowest BCUT2D eigenvalue weighted by Gasteiger charge is -2.18. The molecule has 1 fully saturated rings. The summed E-state index contributed by atoms with van der Waals surface area (Å²) in [5.41, 5.74) is 2.05. The molecule has 5 heteroatoms. The molecule has 0 bridgehead atoms. The molecule has 0 unspecified atom stereocenters. The van der Waals surface area contributed by atoms with Gasteiger partial charge in [0.1, 0.15) is 11.5 Å². The van der Waals surface area contributed by atoms with Crippen LogP contribution in [0.3, 0.4) is 0 Å².